The third-order valence-electron chi connectivity index (χ3n) is 5.54. The lowest BCUT2D eigenvalue weighted by Gasteiger charge is -2.26. The molecule has 0 atom stereocenters. The molecule has 3 aromatic rings. The van der Waals surface area contributed by atoms with E-state index in [1.165, 1.54) is 11.6 Å². The molecule has 3 rings (SSSR count). The standard InChI is InChI=1S/C28H30N4O3/c1-19(2)20-10-13-24(14-11-20)31-26(33)18-32(25-9-5-8-22(16-25)28(29)30)17-23-7-4-3-6-21(23)12-15-27(34)35/h3-16,19H,17-18H2,1-2H3,(H3,29,30)(H,31,33)(H,34,35)/b15-12+. The molecule has 0 saturated heterocycles. The van der Waals surface area contributed by atoms with Crippen molar-refractivity contribution in [2.75, 3.05) is 16.8 Å². The van der Waals surface area contributed by atoms with Crippen LogP contribution in [0, 0.1) is 5.41 Å². The molecule has 7 nitrogen and oxygen atoms in total. The van der Waals surface area contributed by atoms with Crippen molar-refractivity contribution < 1.29 is 14.7 Å². The number of nitrogens with one attached hydrogen (secondary N) is 2. The quantitative estimate of drug-likeness (QED) is 0.192. The first-order valence-electron chi connectivity index (χ1n) is 11.3. The van der Waals surface area contributed by atoms with Crippen molar-refractivity contribution in [2.45, 2.75) is 26.3 Å². The number of hydrogen-bond acceptors (Lipinski definition) is 4. The Hall–Kier alpha value is -4.39. The summed E-state index contributed by atoms with van der Waals surface area (Å²) < 4.78 is 0. The van der Waals surface area contributed by atoms with E-state index < -0.39 is 5.97 Å². The predicted molar refractivity (Wildman–Crippen MR) is 141 cm³/mol. The molecule has 0 saturated carbocycles. The van der Waals surface area contributed by atoms with Gasteiger partial charge in [0.1, 0.15) is 5.84 Å². The first kappa shape index (κ1) is 25.2. The number of benzene rings is 3. The van der Waals surface area contributed by atoms with Crippen molar-refractivity contribution in [3.8, 4) is 0 Å². The Morgan fingerprint density at radius 1 is 1.06 bits per heavy atom. The minimum Gasteiger partial charge on any atom is -0.478 e. The van der Waals surface area contributed by atoms with Crippen molar-refractivity contribution in [3.63, 3.8) is 0 Å². The highest BCUT2D eigenvalue weighted by Gasteiger charge is 2.15. The van der Waals surface area contributed by atoms with Crippen LogP contribution >= 0.6 is 0 Å². The van der Waals surface area contributed by atoms with Crippen LogP contribution in [-0.2, 0) is 16.1 Å². The van der Waals surface area contributed by atoms with E-state index in [9.17, 15) is 9.59 Å². The van der Waals surface area contributed by atoms with Crippen LogP contribution in [0.4, 0.5) is 11.4 Å². The molecule has 0 bridgehead atoms. The van der Waals surface area contributed by atoms with Gasteiger partial charge in [-0.15, -0.1) is 0 Å². The second-order valence-corrected chi connectivity index (χ2v) is 8.52. The second kappa shape index (κ2) is 11.7. The van der Waals surface area contributed by atoms with Gasteiger partial charge in [-0.1, -0.05) is 62.4 Å². The van der Waals surface area contributed by atoms with Gasteiger partial charge in [-0.05, 0) is 52.9 Å². The van der Waals surface area contributed by atoms with Gasteiger partial charge in [-0.2, -0.15) is 0 Å². The Bertz CT molecular complexity index is 1230. The Morgan fingerprint density at radius 3 is 2.43 bits per heavy atom. The Morgan fingerprint density at radius 2 is 1.77 bits per heavy atom. The Labute approximate surface area is 205 Å². The molecule has 35 heavy (non-hydrogen) atoms. The number of rotatable bonds is 10. The summed E-state index contributed by atoms with van der Waals surface area (Å²) in [5.41, 5.74) is 10.5. The zero-order valence-electron chi connectivity index (χ0n) is 19.9. The molecule has 0 aliphatic carbocycles. The van der Waals surface area contributed by atoms with E-state index in [1.54, 1.807) is 18.2 Å². The molecule has 0 radical (unpaired) electrons. The van der Waals surface area contributed by atoms with Gasteiger partial charge in [0.05, 0.1) is 6.54 Å². The van der Waals surface area contributed by atoms with E-state index in [0.29, 0.717) is 23.7 Å². The van der Waals surface area contributed by atoms with Crippen LogP contribution in [0.1, 0.15) is 42.0 Å². The number of carboxylic acid groups (broad SMARTS) is 1. The summed E-state index contributed by atoms with van der Waals surface area (Å²) in [6.45, 7) is 4.62. The fourth-order valence-corrected chi connectivity index (χ4v) is 3.64. The maximum absolute atomic E-state index is 13.0. The summed E-state index contributed by atoms with van der Waals surface area (Å²) in [6.07, 6.45) is 2.63. The van der Waals surface area contributed by atoms with Crippen LogP contribution in [0.5, 0.6) is 0 Å². The maximum Gasteiger partial charge on any atom is 0.328 e. The van der Waals surface area contributed by atoms with Crippen molar-refractivity contribution in [1.29, 1.82) is 5.41 Å². The number of carbonyl (C=O) groups is 2. The molecule has 3 aromatic carbocycles. The third-order valence-corrected chi connectivity index (χ3v) is 5.54. The average Bonchev–Trinajstić information content (AvgIpc) is 2.83. The second-order valence-electron chi connectivity index (χ2n) is 8.52. The molecule has 5 N–H and O–H groups in total. The molecular formula is C28H30N4O3. The van der Waals surface area contributed by atoms with Gasteiger partial charge in [-0.3, -0.25) is 10.2 Å². The number of nitrogens with zero attached hydrogens (tertiary/aromatic N) is 1. The van der Waals surface area contributed by atoms with E-state index in [1.807, 2.05) is 59.5 Å². The summed E-state index contributed by atoms with van der Waals surface area (Å²) in [7, 11) is 0. The SMILES string of the molecule is CC(C)c1ccc(NC(=O)CN(Cc2ccccc2/C=C/C(=O)O)c2cccc(C(=N)N)c2)cc1. The fourth-order valence-electron chi connectivity index (χ4n) is 3.64. The maximum atomic E-state index is 13.0. The topological polar surface area (TPSA) is 120 Å². The van der Waals surface area contributed by atoms with Gasteiger partial charge >= 0.3 is 5.97 Å². The van der Waals surface area contributed by atoms with Crippen LogP contribution in [0.2, 0.25) is 0 Å². The van der Waals surface area contributed by atoms with E-state index in [0.717, 1.165) is 22.9 Å². The number of anilines is 2. The highest BCUT2D eigenvalue weighted by atomic mass is 16.4. The lowest BCUT2D eigenvalue weighted by atomic mass is 10.0. The summed E-state index contributed by atoms with van der Waals surface area (Å²) in [5.74, 6) is -0.895. The highest BCUT2D eigenvalue weighted by Crippen LogP contribution is 2.22. The molecule has 7 heteroatoms. The van der Waals surface area contributed by atoms with Gasteiger partial charge in [-0.25, -0.2) is 4.79 Å². The smallest absolute Gasteiger partial charge is 0.328 e. The Balaban J connectivity index is 1.88. The number of amidine groups is 1. The van der Waals surface area contributed by atoms with Crippen molar-refractivity contribution in [1.82, 2.24) is 0 Å². The number of carboxylic acids is 1. The zero-order chi connectivity index (χ0) is 25.4. The van der Waals surface area contributed by atoms with E-state index in [2.05, 4.69) is 19.2 Å². The molecule has 0 aliphatic heterocycles. The predicted octanol–water partition coefficient (Wildman–Crippen LogP) is 4.84. The summed E-state index contributed by atoms with van der Waals surface area (Å²) in [6, 6.07) is 22.4. The van der Waals surface area contributed by atoms with Crippen molar-refractivity contribution in [2.24, 2.45) is 5.73 Å². The normalized spacial score (nSPS) is 10.9. The lowest BCUT2D eigenvalue weighted by molar-refractivity contribution is -0.131. The number of hydrogen-bond donors (Lipinski definition) is 4. The van der Waals surface area contributed by atoms with E-state index in [-0.39, 0.29) is 18.3 Å². The Kier molecular flexibility index (Phi) is 8.40. The third kappa shape index (κ3) is 7.30. The molecular weight excluding hydrogens is 440 g/mol. The molecule has 0 spiro atoms. The van der Waals surface area contributed by atoms with Gasteiger partial charge in [0.2, 0.25) is 5.91 Å². The number of nitrogen functional groups attached to an aromatic ring is 1. The monoisotopic (exact) mass is 470 g/mol. The first-order chi connectivity index (χ1) is 16.7. The minimum atomic E-state index is -1.03. The van der Waals surface area contributed by atoms with E-state index >= 15 is 0 Å². The molecule has 0 aliphatic rings. The van der Waals surface area contributed by atoms with Crippen LogP contribution in [-0.4, -0.2) is 29.4 Å². The van der Waals surface area contributed by atoms with Crippen molar-refractivity contribution in [3.05, 3.63) is 101 Å². The molecule has 180 valence electrons. The van der Waals surface area contributed by atoms with Crippen LogP contribution < -0.4 is 16.0 Å². The zero-order valence-corrected chi connectivity index (χ0v) is 19.9. The minimum absolute atomic E-state index is 0.0459. The molecule has 0 heterocycles. The average molecular weight is 471 g/mol. The molecule has 0 unspecified atom stereocenters. The number of aliphatic carboxylic acids is 1. The van der Waals surface area contributed by atoms with Gasteiger partial charge in [0.15, 0.2) is 0 Å². The molecule has 0 aromatic heterocycles. The van der Waals surface area contributed by atoms with Crippen LogP contribution in [0.15, 0.2) is 78.9 Å². The molecule has 1 amide bonds. The first-order valence-corrected chi connectivity index (χ1v) is 11.3. The molecule has 0 fully saturated rings. The van der Waals surface area contributed by atoms with Crippen LogP contribution in [0.3, 0.4) is 0 Å². The lowest BCUT2D eigenvalue weighted by Crippen LogP contribution is -2.33. The number of carbonyl (C=O) groups excluding carboxylic acids is 1. The largest absolute Gasteiger partial charge is 0.478 e. The van der Waals surface area contributed by atoms with Gasteiger partial charge in [0.25, 0.3) is 0 Å². The number of nitrogens with two attached hydrogens (primary N) is 1. The van der Waals surface area contributed by atoms with Crippen molar-refractivity contribution >= 4 is 35.2 Å². The fraction of sp³-hybridized carbons (Fsp3) is 0.179. The summed E-state index contributed by atoms with van der Waals surface area (Å²) in [5, 5.41) is 19.8. The summed E-state index contributed by atoms with van der Waals surface area (Å²) in [4.78, 5) is 25.9. The highest BCUT2D eigenvalue weighted by molar-refractivity contribution is 5.97. The summed E-state index contributed by atoms with van der Waals surface area (Å²) >= 11 is 0. The van der Waals surface area contributed by atoms with Crippen LogP contribution in [0.25, 0.3) is 6.08 Å². The van der Waals surface area contributed by atoms with Gasteiger partial charge < -0.3 is 21.1 Å². The van der Waals surface area contributed by atoms with Gasteiger partial charge in [0, 0.05) is 29.6 Å². The van der Waals surface area contributed by atoms with E-state index in [4.69, 9.17) is 16.2 Å². The number of amides is 1.